The van der Waals surface area contributed by atoms with Gasteiger partial charge in [0.25, 0.3) is 0 Å². The van der Waals surface area contributed by atoms with Gasteiger partial charge in [-0.15, -0.1) is 0 Å². The topological polar surface area (TPSA) is 126 Å². The molecule has 0 aliphatic heterocycles. The Kier molecular flexibility index (Phi) is 6.02. The van der Waals surface area contributed by atoms with Gasteiger partial charge in [0.2, 0.25) is 15.9 Å². The molecule has 0 saturated heterocycles. The smallest absolute Gasteiger partial charge is 0.238 e. The van der Waals surface area contributed by atoms with Crippen LogP contribution in [0.4, 0.5) is 5.69 Å². The fourth-order valence-electron chi connectivity index (χ4n) is 2.23. The third-order valence-corrected chi connectivity index (χ3v) is 5.75. The summed E-state index contributed by atoms with van der Waals surface area (Å²) >= 11 is 1.16. The summed E-state index contributed by atoms with van der Waals surface area (Å²) in [7, 11) is -3.84. The molecule has 136 valence electrons. The van der Waals surface area contributed by atoms with Gasteiger partial charge in [-0.3, -0.25) is 4.79 Å². The first-order valence-electron chi connectivity index (χ1n) is 7.57. The number of nitrogens with two attached hydrogens (primary N) is 1. The lowest BCUT2D eigenvalue weighted by Crippen LogP contribution is -2.16. The van der Waals surface area contributed by atoms with E-state index in [9.17, 15) is 18.5 Å². The van der Waals surface area contributed by atoms with Gasteiger partial charge in [0.1, 0.15) is 11.1 Å². The molecular formula is C17H18N4O3S2. The fraction of sp³-hybridized carbons (Fsp3) is 0.235. The van der Waals surface area contributed by atoms with E-state index in [1.807, 2.05) is 20.8 Å². The number of hydrogen-bond donors (Lipinski definition) is 2. The number of hydrogen-bond acceptors (Lipinski definition) is 6. The number of aryl methyl sites for hydroxylation is 1. The maximum atomic E-state index is 12.2. The summed E-state index contributed by atoms with van der Waals surface area (Å²) in [6.45, 7) is 5.61. The van der Waals surface area contributed by atoms with Crippen LogP contribution in [-0.4, -0.2) is 25.1 Å². The molecule has 0 atom stereocenters. The van der Waals surface area contributed by atoms with Gasteiger partial charge in [0.05, 0.1) is 16.2 Å². The van der Waals surface area contributed by atoms with E-state index >= 15 is 0 Å². The lowest BCUT2D eigenvalue weighted by atomic mass is 10.1. The molecule has 1 amide bonds. The van der Waals surface area contributed by atoms with Gasteiger partial charge in [-0.25, -0.2) is 18.5 Å². The van der Waals surface area contributed by atoms with Gasteiger partial charge in [-0.05, 0) is 50.1 Å². The minimum atomic E-state index is -3.84. The van der Waals surface area contributed by atoms with Crippen LogP contribution in [0.3, 0.4) is 0 Å². The van der Waals surface area contributed by atoms with E-state index in [0.29, 0.717) is 16.3 Å². The molecule has 26 heavy (non-hydrogen) atoms. The largest absolute Gasteiger partial charge is 0.325 e. The lowest BCUT2D eigenvalue weighted by molar-refractivity contribution is -0.113. The SMILES string of the molecule is Cc1nc(SCC(=O)Nc2cccc(S(N)(=O)=O)c2)c(C#N)c(C)c1C. The van der Waals surface area contributed by atoms with Crippen LogP contribution in [0.25, 0.3) is 0 Å². The molecule has 2 rings (SSSR count). The first-order valence-corrected chi connectivity index (χ1v) is 10.1. The standard InChI is InChI=1S/C17H18N4O3S2/c1-10-11(2)15(8-18)17(20-12(10)3)25-9-16(22)21-13-5-4-6-14(7-13)26(19,23)24/h4-7H,9H2,1-3H3,(H,21,22)(H2,19,23,24). The number of anilines is 1. The molecule has 9 heteroatoms. The number of aromatic nitrogens is 1. The van der Waals surface area contributed by atoms with Crippen LogP contribution in [0.15, 0.2) is 34.2 Å². The number of carbonyl (C=O) groups is 1. The van der Waals surface area contributed by atoms with Crippen LogP contribution in [0, 0.1) is 32.1 Å². The summed E-state index contributed by atoms with van der Waals surface area (Å²) in [5.41, 5.74) is 3.40. The monoisotopic (exact) mass is 390 g/mol. The van der Waals surface area contributed by atoms with Crippen molar-refractivity contribution in [2.45, 2.75) is 30.7 Å². The van der Waals surface area contributed by atoms with Crippen molar-refractivity contribution in [2.24, 2.45) is 5.14 Å². The average molecular weight is 390 g/mol. The van der Waals surface area contributed by atoms with Gasteiger partial charge in [-0.1, -0.05) is 17.8 Å². The Balaban J connectivity index is 2.12. The molecule has 0 spiro atoms. The maximum absolute atomic E-state index is 12.2. The summed E-state index contributed by atoms with van der Waals surface area (Å²) in [6.07, 6.45) is 0. The predicted octanol–water partition coefficient (Wildman–Crippen LogP) is 2.26. The number of sulfonamides is 1. The third-order valence-electron chi connectivity index (χ3n) is 3.86. The van der Waals surface area contributed by atoms with Crippen LogP contribution in [-0.2, 0) is 14.8 Å². The van der Waals surface area contributed by atoms with E-state index < -0.39 is 10.0 Å². The van der Waals surface area contributed by atoms with Crippen molar-refractivity contribution in [1.29, 1.82) is 5.26 Å². The Morgan fingerprint density at radius 1 is 1.31 bits per heavy atom. The Hall–Kier alpha value is -2.41. The number of thioether (sulfide) groups is 1. The minimum absolute atomic E-state index is 0.0310. The third kappa shape index (κ3) is 4.60. The molecule has 2 aromatic rings. The second-order valence-electron chi connectivity index (χ2n) is 5.65. The van der Waals surface area contributed by atoms with E-state index in [4.69, 9.17) is 5.14 Å². The second kappa shape index (κ2) is 7.86. The Morgan fingerprint density at radius 2 is 2.00 bits per heavy atom. The van der Waals surface area contributed by atoms with Crippen molar-refractivity contribution in [3.8, 4) is 6.07 Å². The molecule has 3 N–H and O–H groups in total. The van der Waals surface area contributed by atoms with Crippen LogP contribution < -0.4 is 10.5 Å². The molecule has 0 unspecified atom stereocenters. The maximum Gasteiger partial charge on any atom is 0.238 e. The number of nitrogens with one attached hydrogen (secondary N) is 1. The highest BCUT2D eigenvalue weighted by atomic mass is 32.2. The van der Waals surface area contributed by atoms with Crippen molar-refractivity contribution < 1.29 is 13.2 Å². The van der Waals surface area contributed by atoms with E-state index in [0.717, 1.165) is 28.6 Å². The normalized spacial score (nSPS) is 11.0. The average Bonchev–Trinajstić information content (AvgIpc) is 2.57. The number of nitriles is 1. The van der Waals surface area contributed by atoms with Crippen molar-refractivity contribution >= 4 is 33.4 Å². The van der Waals surface area contributed by atoms with Gasteiger partial charge in [-0.2, -0.15) is 5.26 Å². The number of benzene rings is 1. The van der Waals surface area contributed by atoms with Gasteiger partial charge < -0.3 is 5.32 Å². The Bertz CT molecular complexity index is 1010. The Labute approximate surface area is 156 Å². The summed E-state index contributed by atoms with van der Waals surface area (Å²) in [5, 5.41) is 17.5. The summed E-state index contributed by atoms with van der Waals surface area (Å²) < 4.78 is 22.7. The lowest BCUT2D eigenvalue weighted by Gasteiger charge is -2.11. The van der Waals surface area contributed by atoms with E-state index in [-0.39, 0.29) is 16.6 Å². The van der Waals surface area contributed by atoms with Crippen molar-refractivity contribution in [2.75, 3.05) is 11.1 Å². The molecule has 0 aliphatic carbocycles. The van der Waals surface area contributed by atoms with Crippen LogP contribution in [0.2, 0.25) is 0 Å². The molecule has 0 fully saturated rings. The van der Waals surface area contributed by atoms with Crippen LogP contribution in [0.5, 0.6) is 0 Å². The first-order chi connectivity index (χ1) is 12.1. The quantitative estimate of drug-likeness (QED) is 0.754. The van der Waals surface area contributed by atoms with E-state index in [2.05, 4.69) is 16.4 Å². The van der Waals surface area contributed by atoms with E-state index in [1.54, 1.807) is 6.07 Å². The highest BCUT2D eigenvalue weighted by molar-refractivity contribution is 8.00. The molecule has 7 nitrogen and oxygen atoms in total. The zero-order valence-corrected chi connectivity index (χ0v) is 16.2. The number of amides is 1. The molecule has 0 aliphatic rings. The van der Waals surface area contributed by atoms with E-state index in [1.165, 1.54) is 18.2 Å². The van der Waals surface area contributed by atoms with Crippen molar-refractivity contribution in [3.05, 3.63) is 46.6 Å². The second-order valence-corrected chi connectivity index (χ2v) is 8.17. The predicted molar refractivity (Wildman–Crippen MR) is 100 cm³/mol. The zero-order valence-electron chi connectivity index (χ0n) is 14.5. The molecule has 0 bridgehead atoms. The van der Waals surface area contributed by atoms with Crippen LogP contribution >= 0.6 is 11.8 Å². The molecule has 0 saturated carbocycles. The fourth-order valence-corrected chi connectivity index (χ4v) is 3.67. The van der Waals surface area contributed by atoms with Crippen molar-refractivity contribution in [1.82, 2.24) is 4.98 Å². The number of nitrogens with zero attached hydrogens (tertiary/aromatic N) is 2. The highest BCUT2D eigenvalue weighted by Gasteiger charge is 2.15. The van der Waals surface area contributed by atoms with Gasteiger partial charge >= 0.3 is 0 Å². The summed E-state index contributed by atoms with van der Waals surface area (Å²) in [6, 6.07) is 7.83. The summed E-state index contributed by atoms with van der Waals surface area (Å²) in [4.78, 5) is 16.5. The number of primary sulfonamides is 1. The Morgan fingerprint density at radius 3 is 2.62 bits per heavy atom. The summed E-state index contributed by atoms with van der Waals surface area (Å²) in [5.74, 6) is -0.313. The molecule has 1 heterocycles. The first kappa shape index (κ1) is 19.9. The number of rotatable bonds is 5. The molecular weight excluding hydrogens is 372 g/mol. The number of pyridine rings is 1. The van der Waals surface area contributed by atoms with Crippen LogP contribution in [0.1, 0.15) is 22.4 Å². The molecule has 0 radical (unpaired) electrons. The molecule has 1 aromatic heterocycles. The number of carbonyl (C=O) groups excluding carboxylic acids is 1. The van der Waals surface area contributed by atoms with Crippen molar-refractivity contribution in [3.63, 3.8) is 0 Å². The van der Waals surface area contributed by atoms with Gasteiger partial charge in [0.15, 0.2) is 0 Å². The van der Waals surface area contributed by atoms with Gasteiger partial charge in [0, 0.05) is 11.4 Å². The zero-order chi connectivity index (χ0) is 19.5. The molecule has 1 aromatic carbocycles. The highest BCUT2D eigenvalue weighted by Crippen LogP contribution is 2.26. The minimum Gasteiger partial charge on any atom is -0.325 e.